The van der Waals surface area contributed by atoms with Gasteiger partial charge in [0.25, 0.3) is 0 Å². The van der Waals surface area contributed by atoms with Gasteiger partial charge < -0.3 is 0 Å². The Hall–Kier alpha value is -0.980. The Kier molecular flexibility index (Phi) is 1.20. The van der Waals surface area contributed by atoms with Gasteiger partial charge >= 0.3 is 11.1 Å². The summed E-state index contributed by atoms with van der Waals surface area (Å²) in [6.45, 7) is 0. The van der Waals surface area contributed by atoms with E-state index in [1.165, 1.54) is 6.34 Å². The lowest BCUT2D eigenvalue weighted by atomic mass is 11.4. The molecule has 0 aromatic heterocycles. The molecule has 0 amide bonds. The summed E-state index contributed by atoms with van der Waals surface area (Å²) >= 11 is -1.37. The van der Waals surface area contributed by atoms with Crippen molar-refractivity contribution in [1.82, 2.24) is 5.43 Å². The molecule has 1 aliphatic rings. The van der Waals surface area contributed by atoms with Gasteiger partial charge in [0.1, 0.15) is 10.7 Å². The molecule has 0 saturated carbocycles. The van der Waals surface area contributed by atoms with Crippen LogP contribution in [0.1, 0.15) is 0 Å². The molecule has 1 N–H and O–H groups in total. The largest absolute Gasteiger partial charge is 0.381 e. The molecule has 1 rings (SSSR count). The van der Waals surface area contributed by atoms with E-state index in [2.05, 4.69) is 14.3 Å². The van der Waals surface area contributed by atoms with E-state index in [1.54, 1.807) is 0 Å². The van der Waals surface area contributed by atoms with E-state index in [-0.39, 0.29) is 0 Å². The molecule has 44 valence electrons. The average Bonchev–Trinajstić information content (AvgIpc) is 2.12. The fourth-order valence-corrected chi connectivity index (χ4v) is 0.710. The Morgan fingerprint density at radius 1 is 1.88 bits per heavy atom. The Labute approximate surface area is 47.1 Å². The maximum absolute atomic E-state index is 9.77. The number of hydrogen-bond acceptors (Lipinski definition) is 5. The van der Waals surface area contributed by atoms with Crippen LogP contribution in [0.15, 0.2) is 8.87 Å². The van der Waals surface area contributed by atoms with Crippen molar-refractivity contribution >= 4 is 17.4 Å². The predicted molar refractivity (Wildman–Crippen MR) is 28.4 cm³/mol. The molecule has 1 unspecified atom stereocenters. The van der Waals surface area contributed by atoms with E-state index in [0.29, 0.717) is 0 Å². The first-order valence-corrected chi connectivity index (χ1v) is 2.78. The van der Waals surface area contributed by atoms with Crippen LogP contribution in [0.5, 0.6) is 0 Å². The van der Waals surface area contributed by atoms with Crippen molar-refractivity contribution in [2.45, 2.75) is 0 Å². The minimum atomic E-state index is -1.37. The fraction of sp³-hybridized carbons (Fsp3) is 0. The summed E-state index contributed by atoms with van der Waals surface area (Å²) in [6, 6.07) is 0. The van der Waals surface area contributed by atoms with Crippen LogP contribution in [0, 0.1) is 10.1 Å². The molecular weight excluding hydrogens is 132 g/mol. The zero-order valence-corrected chi connectivity index (χ0v) is 4.46. The normalized spacial score (nSPS) is 24.2. The fourth-order valence-electron chi connectivity index (χ4n) is 0.237. The summed E-state index contributed by atoms with van der Waals surface area (Å²) in [5.74, 6) is 0. The van der Waals surface area contributed by atoms with Gasteiger partial charge in [0.15, 0.2) is 0 Å². The van der Waals surface area contributed by atoms with Crippen LogP contribution in [-0.2, 0) is 11.1 Å². The first kappa shape index (κ1) is 5.16. The summed E-state index contributed by atoms with van der Waals surface area (Å²) in [5, 5.41) is 9.77. The quantitative estimate of drug-likeness (QED) is 0.385. The average molecular weight is 134 g/mol. The van der Waals surface area contributed by atoms with Gasteiger partial charge in [-0.05, 0) is 0 Å². The molecule has 6 nitrogen and oxygen atoms in total. The molecule has 1 atom stereocenters. The van der Waals surface area contributed by atoms with E-state index in [1.807, 2.05) is 0 Å². The molecule has 8 heavy (non-hydrogen) atoms. The van der Waals surface area contributed by atoms with Crippen LogP contribution < -0.4 is 5.43 Å². The van der Waals surface area contributed by atoms with Gasteiger partial charge in [0, 0.05) is 0 Å². The maximum atomic E-state index is 9.77. The van der Waals surface area contributed by atoms with E-state index < -0.39 is 15.4 Å². The lowest BCUT2D eigenvalue weighted by molar-refractivity contribution is -0.291. The molecular formula is CH2N4O2S. The van der Waals surface area contributed by atoms with Gasteiger partial charge in [0.05, 0.1) is 0 Å². The van der Waals surface area contributed by atoms with Gasteiger partial charge in [-0.1, -0.05) is 4.47 Å². The van der Waals surface area contributed by atoms with Gasteiger partial charge in [-0.25, -0.2) is 10.1 Å². The molecule has 0 spiro atoms. The van der Waals surface area contributed by atoms with Crippen LogP contribution in [0.25, 0.3) is 0 Å². The highest BCUT2D eigenvalue weighted by molar-refractivity contribution is 7.80. The predicted octanol–water partition coefficient (Wildman–Crippen LogP) is -0.558. The number of rotatable bonds is 1. The van der Waals surface area contributed by atoms with Crippen LogP contribution >= 0.6 is 0 Å². The molecule has 0 aromatic carbocycles. The highest BCUT2D eigenvalue weighted by Gasteiger charge is 2.09. The molecule has 1 aliphatic heterocycles. The van der Waals surface area contributed by atoms with Crippen molar-refractivity contribution in [3.05, 3.63) is 10.1 Å². The highest BCUT2D eigenvalue weighted by atomic mass is 32.2. The number of nitrogens with one attached hydrogen (secondary N) is 1. The van der Waals surface area contributed by atoms with E-state index in [4.69, 9.17) is 0 Å². The van der Waals surface area contributed by atoms with Crippen LogP contribution in [0.2, 0.25) is 0 Å². The summed E-state index contributed by atoms with van der Waals surface area (Å²) in [7, 11) is 0. The van der Waals surface area contributed by atoms with Gasteiger partial charge in [-0.2, -0.15) is 0 Å². The van der Waals surface area contributed by atoms with Gasteiger partial charge in [0.2, 0.25) is 0 Å². The third-order valence-corrected chi connectivity index (χ3v) is 1.30. The standard InChI is InChI=1S/CH2N4O2S/c6-5(7)8-3-1-2-4-8/h1H,(H,2,3,4). The monoisotopic (exact) mass is 134 g/mol. The lowest BCUT2D eigenvalue weighted by Gasteiger charge is -1.77. The van der Waals surface area contributed by atoms with Gasteiger partial charge in [-0.15, -0.1) is 4.40 Å². The number of nitrogens with zero attached hydrogens (tertiary/aromatic N) is 3. The number of nitro groups is 1. The second-order valence-electron chi connectivity index (χ2n) is 0.923. The maximum Gasteiger partial charge on any atom is 0.381 e. The molecule has 7 heteroatoms. The zero-order valence-electron chi connectivity index (χ0n) is 3.64. The van der Waals surface area contributed by atoms with Crippen LogP contribution in [0.4, 0.5) is 0 Å². The first-order chi connectivity index (χ1) is 3.80. The van der Waals surface area contributed by atoms with E-state index >= 15 is 0 Å². The van der Waals surface area contributed by atoms with Crippen molar-refractivity contribution < 1.29 is 4.33 Å². The van der Waals surface area contributed by atoms with Gasteiger partial charge in [-0.3, -0.25) is 5.43 Å². The third-order valence-electron chi connectivity index (χ3n) is 0.472. The zero-order chi connectivity index (χ0) is 5.98. The second-order valence-corrected chi connectivity index (χ2v) is 2.10. The Morgan fingerprint density at radius 3 is 2.88 bits per heavy atom. The minimum absolute atomic E-state index is 0.559. The third kappa shape index (κ3) is 0.808. The van der Waals surface area contributed by atoms with Crippen LogP contribution in [0.3, 0.4) is 0 Å². The molecule has 0 radical (unpaired) electrons. The Morgan fingerprint density at radius 2 is 2.62 bits per heavy atom. The molecule has 0 bridgehead atoms. The Balaban J connectivity index is 2.72. The molecule has 0 saturated heterocycles. The highest BCUT2D eigenvalue weighted by Crippen LogP contribution is 1.91. The lowest BCUT2D eigenvalue weighted by Crippen LogP contribution is -1.98. The summed E-state index contributed by atoms with van der Waals surface area (Å²) in [5.41, 5.74) is 2.26. The van der Waals surface area contributed by atoms with Crippen molar-refractivity contribution in [3.8, 4) is 0 Å². The summed E-state index contributed by atoms with van der Waals surface area (Å²) in [4.78, 5) is 9.77. The van der Waals surface area contributed by atoms with Crippen LogP contribution in [-0.4, -0.2) is 10.7 Å². The summed E-state index contributed by atoms with van der Waals surface area (Å²) in [6.07, 6.45) is 1.20. The van der Waals surface area contributed by atoms with Crippen molar-refractivity contribution in [1.29, 1.82) is 0 Å². The topological polar surface area (TPSA) is 79.9 Å². The molecule has 0 aliphatic carbocycles. The molecule has 1 heterocycles. The van der Waals surface area contributed by atoms with E-state index in [0.717, 1.165) is 0 Å². The molecule has 0 aromatic rings. The van der Waals surface area contributed by atoms with Crippen molar-refractivity contribution in [3.63, 3.8) is 0 Å². The minimum Gasteiger partial charge on any atom is -0.254 e. The SMILES string of the molecule is O=[N+]([O-])S1=NNC=N1. The van der Waals surface area contributed by atoms with E-state index in [9.17, 15) is 10.1 Å². The second kappa shape index (κ2) is 1.86. The van der Waals surface area contributed by atoms with Crippen molar-refractivity contribution in [2.24, 2.45) is 8.87 Å². The first-order valence-electron chi connectivity index (χ1n) is 1.68. The number of hydrogen-bond donors (Lipinski definition) is 1. The smallest absolute Gasteiger partial charge is 0.254 e. The Bertz CT molecular complexity index is 173. The van der Waals surface area contributed by atoms with Crippen molar-refractivity contribution in [2.75, 3.05) is 0 Å². The molecule has 0 fully saturated rings. The summed E-state index contributed by atoms with van der Waals surface area (Å²) < 4.78 is 6.09.